The predicted molar refractivity (Wildman–Crippen MR) is 82.5 cm³/mol. The molecule has 0 spiro atoms. The molecule has 0 amide bonds. The molecule has 1 atom stereocenters. The molecule has 1 aromatic rings. The van der Waals surface area contributed by atoms with Crippen LogP contribution in [-0.4, -0.2) is 30.3 Å². The van der Waals surface area contributed by atoms with E-state index >= 15 is 0 Å². The lowest BCUT2D eigenvalue weighted by Crippen LogP contribution is -2.49. The molecule has 104 valence electrons. The largest absolute Gasteiger partial charge is 0.392 e. The number of nitrogens with zero attached hydrogens (tertiary/aromatic N) is 1. The third-order valence-corrected chi connectivity index (χ3v) is 5.93. The summed E-state index contributed by atoms with van der Waals surface area (Å²) in [6.07, 6.45) is 2.49. The average Bonchev–Trinajstić information content (AvgIpc) is 2.39. The third-order valence-electron chi connectivity index (χ3n) is 3.20. The van der Waals surface area contributed by atoms with Crippen molar-refractivity contribution < 1.29 is 8.42 Å². The first-order chi connectivity index (χ1) is 8.93. The standard InChI is InChI=1S/C12H15BrN2O2S2/c13-9-4-6-10(7-5-9)19(16,17)15-8-2-1-3-11(15)12(14)18/h4-7,11H,1-3,8H2,(H2,14,18). The highest BCUT2D eigenvalue weighted by atomic mass is 79.9. The second kappa shape index (κ2) is 5.87. The van der Waals surface area contributed by atoms with Crippen molar-refractivity contribution in [3.05, 3.63) is 28.7 Å². The summed E-state index contributed by atoms with van der Waals surface area (Å²) in [5.41, 5.74) is 5.67. The van der Waals surface area contributed by atoms with Gasteiger partial charge in [-0.2, -0.15) is 4.31 Å². The molecule has 2 rings (SSSR count). The maximum absolute atomic E-state index is 12.6. The van der Waals surface area contributed by atoms with Gasteiger partial charge in [0.1, 0.15) is 0 Å². The van der Waals surface area contributed by atoms with Gasteiger partial charge in [-0.25, -0.2) is 8.42 Å². The Morgan fingerprint density at radius 3 is 2.53 bits per heavy atom. The van der Waals surface area contributed by atoms with E-state index in [1.54, 1.807) is 24.3 Å². The molecule has 1 saturated heterocycles. The minimum absolute atomic E-state index is 0.250. The zero-order valence-corrected chi connectivity index (χ0v) is 13.5. The Balaban J connectivity index is 2.37. The summed E-state index contributed by atoms with van der Waals surface area (Å²) in [4.78, 5) is 0.527. The number of nitrogens with two attached hydrogens (primary N) is 1. The summed E-state index contributed by atoms with van der Waals surface area (Å²) in [6, 6.07) is 6.24. The fourth-order valence-electron chi connectivity index (χ4n) is 2.22. The van der Waals surface area contributed by atoms with E-state index in [0.29, 0.717) is 13.0 Å². The number of rotatable bonds is 3. The molecule has 1 heterocycles. The maximum Gasteiger partial charge on any atom is 0.243 e. The Bertz CT molecular complexity index is 572. The van der Waals surface area contributed by atoms with Gasteiger partial charge in [0.25, 0.3) is 0 Å². The van der Waals surface area contributed by atoms with Crippen molar-refractivity contribution >= 4 is 43.2 Å². The molecular weight excluding hydrogens is 348 g/mol. The lowest BCUT2D eigenvalue weighted by molar-refractivity contribution is 0.306. The van der Waals surface area contributed by atoms with Gasteiger partial charge in [-0.3, -0.25) is 0 Å². The minimum atomic E-state index is -3.53. The van der Waals surface area contributed by atoms with E-state index < -0.39 is 10.0 Å². The Hall–Kier alpha value is -0.500. The van der Waals surface area contributed by atoms with Crippen LogP contribution in [-0.2, 0) is 10.0 Å². The van der Waals surface area contributed by atoms with Crippen LogP contribution in [0.2, 0.25) is 0 Å². The minimum Gasteiger partial charge on any atom is -0.392 e. The van der Waals surface area contributed by atoms with Crippen molar-refractivity contribution in [2.75, 3.05) is 6.54 Å². The van der Waals surface area contributed by atoms with E-state index in [0.717, 1.165) is 17.3 Å². The van der Waals surface area contributed by atoms with E-state index in [1.807, 2.05) is 0 Å². The van der Waals surface area contributed by atoms with Crippen molar-refractivity contribution in [3.63, 3.8) is 0 Å². The SMILES string of the molecule is NC(=S)C1CCCCN1S(=O)(=O)c1ccc(Br)cc1. The van der Waals surface area contributed by atoms with E-state index in [1.165, 1.54) is 4.31 Å². The van der Waals surface area contributed by atoms with Gasteiger partial charge in [-0.05, 0) is 37.1 Å². The summed E-state index contributed by atoms with van der Waals surface area (Å²) < 4.78 is 27.5. The fourth-order valence-corrected chi connectivity index (χ4v) is 4.47. The first kappa shape index (κ1) is 14.9. The Kier molecular flexibility index (Phi) is 4.60. The molecule has 2 N–H and O–H groups in total. The summed E-state index contributed by atoms with van der Waals surface area (Å²) in [5, 5.41) is 0. The van der Waals surface area contributed by atoms with Crippen molar-refractivity contribution in [2.45, 2.75) is 30.2 Å². The second-order valence-corrected chi connectivity index (χ2v) is 7.76. The molecular formula is C12H15BrN2O2S2. The van der Waals surface area contributed by atoms with Gasteiger partial charge in [0, 0.05) is 11.0 Å². The molecule has 0 aliphatic carbocycles. The number of benzene rings is 1. The molecule has 7 heteroatoms. The monoisotopic (exact) mass is 362 g/mol. The van der Waals surface area contributed by atoms with Crippen molar-refractivity contribution in [1.82, 2.24) is 4.31 Å². The van der Waals surface area contributed by atoms with Crippen LogP contribution in [0.5, 0.6) is 0 Å². The van der Waals surface area contributed by atoms with Gasteiger partial charge < -0.3 is 5.73 Å². The molecule has 0 bridgehead atoms. The van der Waals surface area contributed by atoms with Crippen LogP contribution in [0.1, 0.15) is 19.3 Å². The van der Waals surface area contributed by atoms with E-state index in [4.69, 9.17) is 18.0 Å². The normalized spacial score (nSPS) is 21.2. The van der Waals surface area contributed by atoms with Crippen LogP contribution in [0.3, 0.4) is 0 Å². The molecule has 1 aromatic carbocycles. The number of piperidine rings is 1. The second-order valence-electron chi connectivity index (χ2n) is 4.48. The van der Waals surface area contributed by atoms with Gasteiger partial charge in [0.15, 0.2) is 0 Å². The molecule has 0 aromatic heterocycles. The number of hydrogen-bond acceptors (Lipinski definition) is 3. The summed E-state index contributed by atoms with van der Waals surface area (Å²) >= 11 is 8.29. The van der Waals surface area contributed by atoms with Crippen molar-refractivity contribution in [1.29, 1.82) is 0 Å². The number of sulfonamides is 1. The summed E-state index contributed by atoms with van der Waals surface area (Å²) in [6.45, 7) is 0.473. The summed E-state index contributed by atoms with van der Waals surface area (Å²) in [5.74, 6) is 0. The van der Waals surface area contributed by atoms with Crippen LogP contribution in [0.4, 0.5) is 0 Å². The van der Waals surface area contributed by atoms with E-state index in [-0.39, 0.29) is 15.9 Å². The molecule has 1 aliphatic rings. The van der Waals surface area contributed by atoms with Gasteiger partial charge in [0.2, 0.25) is 10.0 Å². The van der Waals surface area contributed by atoms with Gasteiger partial charge in [-0.1, -0.05) is 34.6 Å². The molecule has 19 heavy (non-hydrogen) atoms. The lowest BCUT2D eigenvalue weighted by Gasteiger charge is -2.33. The highest BCUT2D eigenvalue weighted by Crippen LogP contribution is 2.26. The van der Waals surface area contributed by atoms with Crippen LogP contribution >= 0.6 is 28.1 Å². The summed E-state index contributed by atoms with van der Waals surface area (Å²) in [7, 11) is -3.53. The zero-order chi connectivity index (χ0) is 14.0. The maximum atomic E-state index is 12.6. The van der Waals surface area contributed by atoms with E-state index in [2.05, 4.69) is 15.9 Å². The molecule has 0 radical (unpaired) electrons. The average molecular weight is 363 g/mol. The van der Waals surface area contributed by atoms with Crippen molar-refractivity contribution in [3.8, 4) is 0 Å². The van der Waals surface area contributed by atoms with Crippen LogP contribution in [0, 0.1) is 0 Å². The van der Waals surface area contributed by atoms with Gasteiger partial charge in [0.05, 0.1) is 15.9 Å². The van der Waals surface area contributed by atoms with Gasteiger partial charge >= 0.3 is 0 Å². The smallest absolute Gasteiger partial charge is 0.243 e. The van der Waals surface area contributed by atoms with Crippen LogP contribution in [0.15, 0.2) is 33.6 Å². The third kappa shape index (κ3) is 3.16. The first-order valence-corrected chi connectivity index (χ1v) is 8.64. The fraction of sp³-hybridized carbons (Fsp3) is 0.417. The quantitative estimate of drug-likeness (QED) is 0.837. The van der Waals surface area contributed by atoms with Gasteiger partial charge in [-0.15, -0.1) is 0 Å². The van der Waals surface area contributed by atoms with Crippen LogP contribution < -0.4 is 5.73 Å². The highest BCUT2D eigenvalue weighted by molar-refractivity contribution is 9.10. The first-order valence-electron chi connectivity index (χ1n) is 5.99. The van der Waals surface area contributed by atoms with E-state index in [9.17, 15) is 8.42 Å². The number of halogens is 1. The molecule has 1 unspecified atom stereocenters. The molecule has 0 saturated carbocycles. The Labute approximate surface area is 127 Å². The molecule has 1 aliphatic heterocycles. The van der Waals surface area contributed by atoms with Crippen molar-refractivity contribution in [2.24, 2.45) is 5.73 Å². The molecule has 1 fully saturated rings. The number of thiocarbonyl (C=S) groups is 1. The highest BCUT2D eigenvalue weighted by Gasteiger charge is 2.34. The lowest BCUT2D eigenvalue weighted by atomic mass is 10.1. The predicted octanol–water partition coefficient (Wildman–Crippen LogP) is 2.28. The topological polar surface area (TPSA) is 63.4 Å². The zero-order valence-electron chi connectivity index (χ0n) is 10.3. The molecule has 4 nitrogen and oxygen atoms in total. The Morgan fingerprint density at radius 2 is 1.95 bits per heavy atom. The van der Waals surface area contributed by atoms with Crippen LogP contribution in [0.25, 0.3) is 0 Å². The number of hydrogen-bond donors (Lipinski definition) is 1. The Morgan fingerprint density at radius 1 is 1.32 bits per heavy atom.